The van der Waals surface area contributed by atoms with Crippen molar-refractivity contribution in [3.8, 4) is 5.75 Å². The summed E-state index contributed by atoms with van der Waals surface area (Å²) in [5, 5.41) is 10.8. The average molecular weight is 298 g/mol. The van der Waals surface area contributed by atoms with Crippen molar-refractivity contribution in [2.45, 2.75) is 38.2 Å². The van der Waals surface area contributed by atoms with Crippen molar-refractivity contribution in [1.29, 1.82) is 0 Å². The zero-order valence-electron chi connectivity index (χ0n) is 12.1. The third-order valence-electron chi connectivity index (χ3n) is 4.11. The van der Waals surface area contributed by atoms with Crippen LogP contribution in [0, 0.1) is 0 Å². The topological polar surface area (TPSA) is 63.6 Å². The molecule has 20 heavy (non-hydrogen) atoms. The van der Waals surface area contributed by atoms with Crippen molar-refractivity contribution >= 4 is 9.84 Å². The molecule has 0 bridgehead atoms. The number of hydrogen-bond acceptors (Lipinski definition) is 4. The van der Waals surface area contributed by atoms with Gasteiger partial charge in [-0.15, -0.1) is 0 Å². The Kier molecular flexibility index (Phi) is 4.39. The highest BCUT2D eigenvalue weighted by atomic mass is 32.2. The van der Waals surface area contributed by atoms with E-state index in [-0.39, 0.29) is 11.5 Å². The molecular formula is C15H22O4S. The molecule has 0 spiro atoms. The second kappa shape index (κ2) is 5.74. The molecule has 112 valence electrons. The van der Waals surface area contributed by atoms with E-state index in [9.17, 15) is 13.5 Å². The molecule has 5 heteroatoms. The van der Waals surface area contributed by atoms with Gasteiger partial charge in [-0.05, 0) is 48.9 Å². The van der Waals surface area contributed by atoms with Crippen LogP contribution in [0.4, 0.5) is 0 Å². The third-order valence-corrected chi connectivity index (χ3v) is 5.90. The summed E-state index contributed by atoms with van der Waals surface area (Å²) in [7, 11) is -1.36. The van der Waals surface area contributed by atoms with Crippen molar-refractivity contribution in [3.05, 3.63) is 29.3 Å². The highest BCUT2D eigenvalue weighted by Crippen LogP contribution is 2.41. The lowest BCUT2D eigenvalue weighted by atomic mass is 9.91. The molecule has 1 aliphatic carbocycles. The smallest absolute Gasteiger partial charge is 0.150 e. The molecule has 0 saturated heterocycles. The molecule has 1 aromatic rings. The van der Waals surface area contributed by atoms with Gasteiger partial charge >= 0.3 is 0 Å². The van der Waals surface area contributed by atoms with Crippen LogP contribution < -0.4 is 4.74 Å². The van der Waals surface area contributed by atoms with Crippen LogP contribution in [0.25, 0.3) is 0 Å². The maximum atomic E-state index is 11.5. The van der Waals surface area contributed by atoms with Crippen molar-refractivity contribution < 1.29 is 18.3 Å². The van der Waals surface area contributed by atoms with Crippen LogP contribution in [0.3, 0.4) is 0 Å². The van der Waals surface area contributed by atoms with Crippen LogP contribution in [0.5, 0.6) is 5.75 Å². The van der Waals surface area contributed by atoms with Crippen LogP contribution in [0.1, 0.15) is 37.3 Å². The summed E-state index contributed by atoms with van der Waals surface area (Å²) < 4.78 is 28.2. The lowest BCUT2D eigenvalue weighted by Crippen LogP contribution is -2.23. The third kappa shape index (κ3) is 3.15. The molecule has 1 aliphatic rings. The molecule has 1 N–H and O–H groups in total. The Morgan fingerprint density at radius 1 is 1.40 bits per heavy atom. The summed E-state index contributed by atoms with van der Waals surface area (Å²) in [6.07, 6.45) is 2.45. The Morgan fingerprint density at radius 3 is 2.80 bits per heavy atom. The van der Waals surface area contributed by atoms with Gasteiger partial charge in [-0.1, -0.05) is 13.0 Å². The number of rotatable bonds is 6. The number of aryl methyl sites for hydroxylation is 1. The number of hydrogen-bond donors (Lipinski definition) is 1. The Hall–Kier alpha value is -1.07. The SMILES string of the molecule is CCS(=O)(=O)CCCC1(O)CCc2ccc(OC)cc21. The van der Waals surface area contributed by atoms with E-state index < -0.39 is 15.4 Å². The van der Waals surface area contributed by atoms with Crippen LogP contribution in [0.15, 0.2) is 18.2 Å². The average Bonchev–Trinajstić information content (AvgIpc) is 2.76. The number of methoxy groups -OCH3 is 1. The molecule has 0 radical (unpaired) electrons. The lowest BCUT2D eigenvalue weighted by Gasteiger charge is -2.24. The van der Waals surface area contributed by atoms with Crippen molar-refractivity contribution in [3.63, 3.8) is 0 Å². The highest BCUT2D eigenvalue weighted by molar-refractivity contribution is 7.91. The molecule has 0 heterocycles. The van der Waals surface area contributed by atoms with E-state index in [0.717, 1.165) is 23.3 Å². The normalized spacial score (nSPS) is 21.8. The number of fused-ring (bicyclic) bond motifs is 1. The Bertz CT molecular complexity index is 580. The molecule has 1 aromatic carbocycles. The van der Waals surface area contributed by atoms with E-state index in [1.807, 2.05) is 18.2 Å². The fourth-order valence-corrected chi connectivity index (χ4v) is 3.67. The maximum absolute atomic E-state index is 11.5. The van der Waals surface area contributed by atoms with E-state index in [1.165, 1.54) is 0 Å². The summed E-state index contributed by atoms with van der Waals surface area (Å²) in [6, 6.07) is 5.75. The minimum absolute atomic E-state index is 0.144. The summed E-state index contributed by atoms with van der Waals surface area (Å²) >= 11 is 0. The Balaban J connectivity index is 2.10. The maximum Gasteiger partial charge on any atom is 0.150 e. The first-order chi connectivity index (χ1) is 9.40. The standard InChI is InChI=1S/C15H22O4S/c1-3-20(17,18)10-4-8-15(16)9-7-12-5-6-13(19-2)11-14(12)15/h5-6,11,16H,3-4,7-10H2,1-2H3. The van der Waals surface area contributed by atoms with Gasteiger partial charge in [0.15, 0.2) is 0 Å². The van der Waals surface area contributed by atoms with Gasteiger partial charge in [-0.25, -0.2) is 8.42 Å². The molecule has 4 nitrogen and oxygen atoms in total. The van der Waals surface area contributed by atoms with Gasteiger partial charge in [0, 0.05) is 5.75 Å². The predicted octanol–water partition coefficient (Wildman–Crippen LogP) is 2.04. The molecule has 2 rings (SSSR count). The molecular weight excluding hydrogens is 276 g/mol. The molecule has 0 aliphatic heterocycles. The molecule has 0 aromatic heterocycles. The predicted molar refractivity (Wildman–Crippen MR) is 78.8 cm³/mol. The molecule has 0 fully saturated rings. The zero-order chi connectivity index (χ0) is 14.8. The van der Waals surface area contributed by atoms with E-state index in [1.54, 1.807) is 14.0 Å². The molecule has 1 atom stereocenters. The van der Waals surface area contributed by atoms with E-state index in [2.05, 4.69) is 0 Å². The fraction of sp³-hybridized carbons (Fsp3) is 0.600. The van der Waals surface area contributed by atoms with Crippen LogP contribution in [0.2, 0.25) is 0 Å². The van der Waals surface area contributed by atoms with E-state index >= 15 is 0 Å². The van der Waals surface area contributed by atoms with Gasteiger partial charge < -0.3 is 9.84 Å². The summed E-state index contributed by atoms with van der Waals surface area (Å²) in [6.45, 7) is 1.65. The first-order valence-corrected chi connectivity index (χ1v) is 8.82. The monoisotopic (exact) mass is 298 g/mol. The van der Waals surface area contributed by atoms with Crippen molar-refractivity contribution in [2.24, 2.45) is 0 Å². The fourth-order valence-electron chi connectivity index (χ4n) is 2.80. The second-order valence-corrected chi connectivity index (χ2v) is 7.87. The number of aliphatic hydroxyl groups is 1. The Morgan fingerprint density at radius 2 is 2.15 bits per heavy atom. The Labute approximate surface area is 120 Å². The van der Waals surface area contributed by atoms with Crippen molar-refractivity contribution in [1.82, 2.24) is 0 Å². The molecule has 0 saturated carbocycles. The van der Waals surface area contributed by atoms with E-state index in [4.69, 9.17) is 4.74 Å². The molecule has 0 amide bonds. The van der Waals surface area contributed by atoms with Gasteiger partial charge in [0.1, 0.15) is 15.6 Å². The van der Waals surface area contributed by atoms with Crippen LogP contribution in [-0.4, -0.2) is 32.1 Å². The van der Waals surface area contributed by atoms with Crippen LogP contribution >= 0.6 is 0 Å². The minimum Gasteiger partial charge on any atom is -0.497 e. The van der Waals surface area contributed by atoms with Crippen LogP contribution in [-0.2, 0) is 21.9 Å². The quantitative estimate of drug-likeness (QED) is 0.873. The van der Waals surface area contributed by atoms with E-state index in [0.29, 0.717) is 19.3 Å². The number of ether oxygens (including phenoxy) is 1. The summed E-state index contributed by atoms with van der Waals surface area (Å²) in [4.78, 5) is 0. The second-order valence-electron chi connectivity index (χ2n) is 5.39. The number of sulfone groups is 1. The van der Waals surface area contributed by atoms with Gasteiger partial charge in [0.2, 0.25) is 0 Å². The highest BCUT2D eigenvalue weighted by Gasteiger charge is 2.36. The largest absolute Gasteiger partial charge is 0.497 e. The molecule has 1 unspecified atom stereocenters. The van der Waals surface area contributed by atoms with Gasteiger partial charge in [0.05, 0.1) is 18.5 Å². The number of benzene rings is 1. The summed E-state index contributed by atoms with van der Waals surface area (Å²) in [5.74, 6) is 1.03. The first-order valence-electron chi connectivity index (χ1n) is 7.00. The minimum atomic E-state index is -2.96. The van der Waals surface area contributed by atoms with Crippen molar-refractivity contribution in [2.75, 3.05) is 18.6 Å². The first kappa shape index (κ1) is 15.3. The van der Waals surface area contributed by atoms with Gasteiger partial charge in [0.25, 0.3) is 0 Å². The lowest BCUT2D eigenvalue weighted by molar-refractivity contribution is 0.0288. The summed E-state index contributed by atoms with van der Waals surface area (Å²) in [5.41, 5.74) is 1.12. The van der Waals surface area contributed by atoms with Gasteiger partial charge in [-0.3, -0.25) is 0 Å². The zero-order valence-corrected chi connectivity index (χ0v) is 12.9. The van der Waals surface area contributed by atoms with Gasteiger partial charge in [-0.2, -0.15) is 0 Å².